The Morgan fingerprint density at radius 3 is 2.48 bits per heavy atom. The molecule has 0 saturated carbocycles. The quantitative estimate of drug-likeness (QED) is 0.655. The van der Waals surface area contributed by atoms with Crippen molar-refractivity contribution in [2.45, 2.75) is 0 Å². The minimum Gasteiger partial charge on any atom is -0.483 e. The van der Waals surface area contributed by atoms with Crippen LogP contribution in [0.5, 0.6) is 17.2 Å². The molecule has 7 heteroatoms. The van der Waals surface area contributed by atoms with Crippen molar-refractivity contribution in [2.24, 2.45) is 0 Å². The van der Waals surface area contributed by atoms with Gasteiger partial charge in [-0.05, 0) is 29.8 Å². The number of hydrazine groups is 1. The van der Waals surface area contributed by atoms with E-state index in [0.717, 1.165) is 11.1 Å². The van der Waals surface area contributed by atoms with Crippen molar-refractivity contribution >= 4 is 11.8 Å². The molecule has 146 valence electrons. The number of fused-ring (bicyclic) bond motifs is 1. The van der Waals surface area contributed by atoms with Crippen LogP contribution in [0.3, 0.4) is 0 Å². The third kappa shape index (κ3) is 4.30. The lowest BCUT2D eigenvalue weighted by atomic mass is 10.1. The molecule has 2 N–H and O–H groups in total. The number of amides is 2. The van der Waals surface area contributed by atoms with Crippen LogP contribution in [0.2, 0.25) is 0 Å². The topological polar surface area (TPSA) is 85.9 Å². The van der Waals surface area contributed by atoms with Crippen molar-refractivity contribution < 1.29 is 23.8 Å². The second-order valence-electron chi connectivity index (χ2n) is 6.22. The molecule has 1 heterocycles. The predicted molar refractivity (Wildman–Crippen MR) is 106 cm³/mol. The molecule has 0 aliphatic carbocycles. The van der Waals surface area contributed by atoms with Gasteiger partial charge in [-0.15, -0.1) is 0 Å². The van der Waals surface area contributed by atoms with Gasteiger partial charge in [0, 0.05) is 11.1 Å². The summed E-state index contributed by atoms with van der Waals surface area (Å²) in [6.45, 7) is -0.121. The Balaban J connectivity index is 1.32. The highest BCUT2D eigenvalue weighted by molar-refractivity contribution is 5.96. The highest BCUT2D eigenvalue weighted by Crippen LogP contribution is 2.32. The molecule has 0 saturated heterocycles. The molecule has 3 aromatic carbocycles. The van der Waals surface area contributed by atoms with Gasteiger partial charge in [0.25, 0.3) is 11.8 Å². The van der Waals surface area contributed by atoms with Crippen molar-refractivity contribution in [3.63, 3.8) is 0 Å². The normalized spacial score (nSPS) is 11.6. The van der Waals surface area contributed by atoms with Crippen LogP contribution in [0.15, 0.2) is 72.8 Å². The van der Waals surface area contributed by atoms with Crippen LogP contribution in [0, 0.1) is 0 Å². The first kappa shape index (κ1) is 18.4. The average molecular weight is 390 g/mol. The molecule has 0 aromatic heterocycles. The summed E-state index contributed by atoms with van der Waals surface area (Å²) in [5.74, 6) is 0.695. The standard InChI is InChI=1S/C22H18N2O5/c25-21(23-24-22(26)16-10-11-19-20(12-16)29-14-28-19)13-27-18-9-5-4-8-17(18)15-6-2-1-3-7-15/h1-12H,13-14H2,(H,23,25)(H,24,26). The van der Waals surface area contributed by atoms with Crippen LogP contribution in [-0.4, -0.2) is 25.2 Å². The third-order valence-corrected chi connectivity index (χ3v) is 4.28. The molecule has 0 fully saturated rings. The van der Waals surface area contributed by atoms with Crippen molar-refractivity contribution in [1.82, 2.24) is 10.9 Å². The Morgan fingerprint density at radius 2 is 1.62 bits per heavy atom. The van der Waals surface area contributed by atoms with Crippen LogP contribution in [0.1, 0.15) is 10.4 Å². The number of carbonyl (C=O) groups is 2. The summed E-state index contributed by atoms with van der Waals surface area (Å²) in [6.07, 6.45) is 0. The largest absolute Gasteiger partial charge is 0.483 e. The summed E-state index contributed by atoms with van der Waals surface area (Å²) in [5, 5.41) is 0. The van der Waals surface area contributed by atoms with Gasteiger partial charge in [0.2, 0.25) is 6.79 Å². The Bertz CT molecular complexity index is 1040. The molecule has 4 rings (SSSR count). The van der Waals surface area contributed by atoms with Crippen LogP contribution in [0.4, 0.5) is 0 Å². The first-order valence-corrected chi connectivity index (χ1v) is 8.97. The summed E-state index contributed by atoms with van der Waals surface area (Å²) >= 11 is 0. The van der Waals surface area contributed by atoms with E-state index in [2.05, 4.69) is 10.9 Å². The lowest BCUT2D eigenvalue weighted by Crippen LogP contribution is -2.43. The number of benzene rings is 3. The minimum atomic E-state index is -0.484. The first-order chi connectivity index (χ1) is 14.2. The maximum absolute atomic E-state index is 12.2. The van der Waals surface area contributed by atoms with Crippen molar-refractivity contribution in [1.29, 1.82) is 0 Å². The first-order valence-electron chi connectivity index (χ1n) is 8.97. The molecular weight excluding hydrogens is 372 g/mol. The molecule has 0 unspecified atom stereocenters. The molecule has 1 aliphatic rings. The number of rotatable bonds is 5. The highest BCUT2D eigenvalue weighted by atomic mass is 16.7. The monoisotopic (exact) mass is 390 g/mol. The summed E-state index contributed by atoms with van der Waals surface area (Å²) in [7, 11) is 0. The average Bonchev–Trinajstić information content (AvgIpc) is 3.25. The number of para-hydroxylation sites is 1. The van der Waals surface area contributed by atoms with E-state index in [1.807, 2.05) is 48.5 Å². The van der Waals surface area contributed by atoms with E-state index >= 15 is 0 Å². The maximum atomic E-state index is 12.2. The summed E-state index contributed by atoms with van der Waals surface area (Å²) in [5.41, 5.74) is 6.90. The molecule has 0 atom stereocenters. The minimum absolute atomic E-state index is 0.124. The van der Waals surface area contributed by atoms with E-state index in [-0.39, 0.29) is 13.4 Å². The van der Waals surface area contributed by atoms with Gasteiger partial charge in [-0.1, -0.05) is 48.5 Å². The summed E-state index contributed by atoms with van der Waals surface area (Å²) in [6, 6.07) is 22.0. The Morgan fingerprint density at radius 1 is 0.862 bits per heavy atom. The van der Waals surface area contributed by atoms with Gasteiger partial charge >= 0.3 is 0 Å². The van der Waals surface area contributed by atoms with Crippen molar-refractivity contribution in [3.8, 4) is 28.4 Å². The Kier molecular flexibility index (Phi) is 5.29. The SMILES string of the molecule is O=C(COc1ccccc1-c1ccccc1)NNC(=O)c1ccc2c(c1)OCO2. The van der Waals surface area contributed by atoms with Crippen molar-refractivity contribution in [3.05, 3.63) is 78.4 Å². The number of carbonyl (C=O) groups excluding carboxylic acids is 2. The van der Waals surface area contributed by atoms with Crippen LogP contribution in [-0.2, 0) is 4.79 Å². The van der Waals surface area contributed by atoms with Crippen LogP contribution < -0.4 is 25.1 Å². The molecule has 2 amide bonds. The van der Waals surface area contributed by atoms with Crippen molar-refractivity contribution in [2.75, 3.05) is 13.4 Å². The fraction of sp³-hybridized carbons (Fsp3) is 0.0909. The molecule has 0 bridgehead atoms. The fourth-order valence-electron chi connectivity index (χ4n) is 2.86. The highest BCUT2D eigenvalue weighted by Gasteiger charge is 2.16. The van der Waals surface area contributed by atoms with Gasteiger partial charge in [0.05, 0.1) is 0 Å². The fourth-order valence-corrected chi connectivity index (χ4v) is 2.86. The van der Waals surface area contributed by atoms with E-state index < -0.39 is 11.8 Å². The molecular formula is C22H18N2O5. The smallest absolute Gasteiger partial charge is 0.276 e. The van der Waals surface area contributed by atoms with E-state index in [0.29, 0.717) is 22.8 Å². The summed E-state index contributed by atoms with van der Waals surface area (Å²) < 4.78 is 16.1. The van der Waals surface area contributed by atoms with Gasteiger partial charge < -0.3 is 14.2 Å². The number of nitrogens with one attached hydrogen (secondary N) is 2. The number of hydrogen-bond donors (Lipinski definition) is 2. The van der Waals surface area contributed by atoms with Crippen LogP contribution in [0.25, 0.3) is 11.1 Å². The second kappa shape index (κ2) is 8.35. The zero-order valence-corrected chi connectivity index (χ0v) is 15.4. The molecule has 0 spiro atoms. The second-order valence-corrected chi connectivity index (χ2v) is 6.22. The van der Waals surface area contributed by atoms with E-state index in [1.54, 1.807) is 24.3 Å². The predicted octanol–water partition coefficient (Wildman–Crippen LogP) is 2.92. The molecule has 7 nitrogen and oxygen atoms in total. The lowest BCUT2D eigenvalue weighted by Gasteiger charge is -2.12. The van der Waals surface area contributed by atoms with Gasteiger partial charge in [-0.2, -0.15) is 0 Å². The summed E-state index contributed by atoms with van der Waals surface area (Å²) in [4.78, 5) is 24.3. The molecule has 3 aromatic rings. The zero-order chi connectivity index (χ0) is 20.1. The molecule has 0 radical (unpaired) electrons. The number of ether oxygens (including phenoxy) is 3. The zero-order valence-electron chi connectivity index (χ0n) is 15.4. The maximum Gasteiger partial charge on any atom is 0.276 e. The van der Waals surface area contributed by atoms with Gasteiger partial charge in [0.1, 0.15) is 5.75 Å². The van der Waals surface area contributed by atoms with Gasteiger partial charge in [0.15, 0.2) is 18.1 Å². The Hall–Kier alpha value is -4.00. The van der Waals surface area contributed by atoms with Gasteiger partial charge in [-0.3, -0.25) is 20.4 Å². The van der Waals surface area contributed by atoms with Crippen LogP contribution >= 0.6 is 0 Å². The molecule has 29 heavy (non-hydrogen) atoms. The molecule has 1 aliphatic heterocycles. The number of hydrogen-bond acceptors (Lipinski definition) is 5. The Labute approximate surface area is 167 Å². The van der Waals surface area contributed by atoms with E-state index in [1.165, 1.54) is 0 Å². The van der Waals surface area contributed by atoms with E-state index in [4.69, 9.17) is 14.2 Å². The van der Waals surface area contributed by atoms with E-state index in [9.17, 15) is 9.59 Å². The van der Waals surface area contributed by atoms with Gasteiger partial charge in [-0.25, -0.2) is 0 Å². The third-order valence-electron chi connectivity index (χ3n) is 4.28. The lowest BCUT2D eigenvalue weighted by molar-refractivity contribution is -0.123.